The van der Waals surface area contributed by atoms with Gasteiger partial charge in [-0.3, -0.25) is 4.79 Å². The highest BCUT2D eigenvalue weighted by molar-refractivity contribution is 5.75. The molecule has 0 heterocycles. The van der Waals surface area contributed by atoms with Gasteiger partial charge in [-0.05, 0) is 29.7 Å². The molecule has 1 amide bonds. The monoisotopic (exact) mass is 259 g/mol. The Balaban J connectivity index is 2.01. The summed E-state index contributed by atoms with van der Waals surface area (Å²) in [6.45, 7) is 8.21. The molecule has 2 rings (SSSR count). The summed E-state index contributed by atoms with van der Waals surface area (Å²) < 4.78 is 0. The van der Waals surface area contributed by atoms with Gasteiger partial charge >= 0.3 is 0 Å². The number of carbonyl (C=O) groups excluding carboxylic acids is 1. The molecule has 1 aromatic rings. The van der Waals surface area contributed by atoms with Crippen molar-refractivity contribution >= 4 is 5.91 Å². The van der Waals surface area contributed by atoms with Gasteiger partial charge in [-0.25, -0.2) is 0 Å². The summed E-state index contributed by atoms with van der Waals surface area (Å²) in [7, 11) is 0. The number of benzene rings is 1. The van der Waals surface area contributed by atoms with E-state index in [1.807, 2.05) is 6.92 Å². The van der Waals surface area contributed by atoms with Crippen LogP contribution in [-0.4, -0.2) is 23.9 Å². The summed E-state index contributed by atoms with van der Waals surface area (Å²) in [6.07, 6.45) is 2.86. The van der Waals surface area contributed by atoms with E-state index in [0.717, 1.165) is 19.5 Å². The van der Waals surface area contributed by atoms with E-state index < -0.39 is 0 Å². The standard InChI is InChI=1S/C17H25NO/c1-4-11-18(16(19)5-2)13-17(3)12-15(17)14-9-7-6-8-10-14/h6-10,15H,4-5,11-13H2,1-3H3. The molecule has 104 valence electrons. The molecular formula is C17H25NO. The average molecular weight is 259 g/mol. The van der Waals surface area contributed by atoms with Crippen LogP contribution in [0, 0.1) is 5.41 Å². The highest BCUT2D eigenvalue weighted by atomic mass is 16.2. The highest BCUT2D eigenvalue weighted by Crippen LogP contribution is 2.59. The first-order valence-electron chi connectivity index (χ1n) is 7.43. The van der Waals surface area contributed by atoms with Gasteiger partial charge in [-0.15, -0.1) is 0 Å². The van der Waals surface area contributed by atoms with Crippen LogP contribution in [0.25, 0.3) is 0 Å². The maximum Gasteiger partial charge on any atom is 0.222 e. The fraction of sp³-hybridized carbons (Fsp3) is 0.588. The molecule has 1 aliphatic carbocycles. The smallest absolute Gasteiger partial charge is 0.222 e. The Kier molecular flexibility index (Phi) is 4.28. The third kappa shape index (κ3) is 3.17. The molecule has 1 fully saturated rings. The molecule has 0 aromatic heterocycles. The lowest BCUT2D eigenvalue weighted by Gasteiger charge is -2.26. The van der Waals surface area contributed by atoms with Crippen molar-refractivity contribution in [1.29, 1.82) is 0 Å². The average Bonchev–Trinajstić information content (AvgIpc) is 3.10. The first-order chi connectivity index (χ1) is 9.10. The number of hydrogen-bond donors (Lipinski definition) is 0. The summed E-state index contributed by atoms with van der Waals surface area (Å²) in [4.78, 5) is 14.0. The first kappa shape index (κ1) is 14.1. The van der Waals surface area contributed by atoms with Gasteiger partial charge in [-0.2, -0.15) is 0 Å². The lowest BCUT2D eigenvalue weighted by Crippen LogP contribution is -2.36. The van der Waals surface area contributed by atoms with Gasteiger partial charge in [0.25, 0.3) is 0 Å². The van der Waals surface area contributed by atoms with E-state index in [2.05, 4.69) is 49.1 Å². The Morgan fingerprint density at radius 1 is 1.32 bits per heavy atom. The maximum absolute atomic E-state index is 12.0. The Bertz CT molecular complexity index is 428. The number of hydrogen-bond acceptors (Lipinski definition) is 1. The number of carbonyl (C=O) groups is 1. The molecule has 1 saturated carbocycles. The third-order valence-corrected chi connectivity index (χ3v) is 4.25. The zero-order valence-electron chi connectivity index (χ0n) is 12.4. The van der Waals surface area contributed by atoms with Gasteiger partial charge in [0.05, 0.1) is 0 Å². The molecule has 2 atom stereocenters. The second-order valence-corrected chi connectivity index (χ2v) is 5.99. The quantitative estimate of drug-likeness (QED) is 0.760. The van der Waals surface area contributed by atoms with Crippen molar-refractivity contribution in [2.24, 2.45) is 5.41 Å². The minimum absolute atomic E-state index is 0.279. The molecule has 0 bridgehead atoms. The normalized spacial score (nSPS) is 25.1. The topological polar surface area (TPSA) is 20.3 Å². The summed E-state index contributed by atoms with van der Waals surface area (Å²) in [5, 5.41) is 0. The Morgan fingerprint density at radius 2 is 2.00 bits per heavy atom. The summed E-state index contributed by atoms with van der Waals surface area (Å²) >= 11 is 0. The molecule has 0 spiro atoms. The zero-order chi connectivity index (χ0) is 13.9. The fourth-order valence-electron chi connectivity index (χ4n) is 3.01. The van der Waals surface area contributed by atoms with Crippen LogP contribution in [0.5, 0.6) is 0 Å². The molecule has 0 radical (unpaired) electrons. The highest BCUT2D eigenvalue weighted by Gasteiger charge is 2.51. The van der Waals surface area contributed by atoms with Crippen LogP contribution >= 0.6 is 0 Å². The molecule has 1 aromatic carbocycles. The fourth-order valence-corrected chi connectivity index (χ4v) is 3.01. The summed E-state index contributed by atoms with van der Waals surface area (Å²) in [5.41, 5.74) is 1.70. The van der Waals surface area contributed by atoms with E-state index in [0.29, 0.717) is 18.2 Å². The lowest BCUT2D eigenvalue weighted by molar-refractivity contribution is -0.131. The molecule has 0 saturated heterocycles. The van der Waals surface area contributed by atoms with E-state index in [4.69, 9.17) is 0 Å². The second kappa shape index (κ2) is 5.77. The van der Waals surface area contributed by atoms with Gasteiger partial charge in [0.2, 0.25) is 5.91 Å². The van der Waals surface area contributed by atoms with Crippen molar-refractivity contribution in [3.05, 3.63) is 35.9 Å². The molecular weight excluding hydrogens is 234 g/mol. The molecule has 0 aliphatic heterocycles. The minimum Gasteiger partial charge on any atom is -0.342 e. The largest absolute Gasteiger partial charge is 0.342 e. The van der Waals surface area contributed by atoms with Crippen LogP contribution in [0.15, 0.2) is 30.3 Å². The molecule has 19 heavy (non-hydrogen) atoms. The van der Waals surface area contributed by atoms with Gasteiger partial charge in [-0.1, -0.05) is 51.1 Å². The SMILES string of the molecule is CCCN(CC1(C)CC1c1ccccc1)C(=O)CC. The molecule has 2 unspecified atom stereocenters. The molecule has 2 nitrogen and oxygen atoms in total. The summed E-state index contributed by atoms with van der Waals surface area (Å²) in [5.74, 6) is 0.916. The van der Waals surface area contributed by atoms with E-state index in [1.165, 1.54) is 12.0 Å². The van der Waals surface area contributed by atoms with Crippen LogP contribution in [0.4, 0.5) is 0 Å². The van der Waals surface area contributed by atoms with E-state index in [9.17, 15) is 4.79 Å². The van der Waals surface area contributed by atoms with Crippen LogP contribution in [-0.2, 0) is 4.79 Å². The lowest BCUT2D eigenvalue weighted by atomic mass is 10.00. The van der Waals surface area contributed by atoms with Crippen molar-refractivity contribution in [2.45, 2.75) is 46.0 Å². The van der Waals surface area contributed by atoms with Crippen LogP contribution in [0.1, 0.15) is 51.5 Å². The number of amides is 1. The first-order valence-corrected chi connectivity index (χ1v) is 7.43. The maximum atomic E-state index is 12.0. The van der Waals surface area contributed by atoms with Crippen molar-refractivity contribution < 1.29 is 4.79 Å². The van der Waals surface area contributed by atoms with Gasteiger partial charge < -0.3 is 4.90 Å². The molecule has 0 N–H and O–H groups in total. The number of rotatable bonds is 6. The van der Waals surface area contributed by atoms with E-state index >= 15 is 0 Å². The van der Waals surface area contributed by atoms with Crippen molar-refractivity contribution in [2.75, 3.05) is 13.1 Å². The Hall–Kier alpha value is -1.31. The number of nitrogens with zero attached hydrogens (tertiary/aromatic N) is 1. The Labute approximate surface area is 116 Å². The van der Waals surface area contributed by atoms with Gasteiger partial charge in [0.15, 0.2) is 0 Å². The van der Waals surface area contributed by atoms with Crippen LogP contribution in [0.3, 0.4) is 0 Å². The van der Waals surface area contributed by atoms with Crippen molar-refractivity contribution in [3.63, 3.8) is 0 Å². The summed E-state index contributed by atoms with van der Waals surface area (Å²) in [6, 6.07) is 10.7. The van der Waals surface area contributed by atoms with Crippen LogP contribution < -0.4 is 0 Å². The Morgan fingerprint density at radius 3 is 2.58 bits per heavy atom. The van der Waals surface area contributed by atoms with E-state index in [-0.39, 0.29) is 5.41 Å². The predicted octanol–water partition coefficient (Wildman–Crippen LogP) is 3.83. The molecule has 1 aliphatic rings. The minimum atomic E-state index is 0.279. The van der Waals surface area contributed by atoms with E-state index in [1.54, 1.807) is 0 Å². The zero-order valence-corrected chi connectivity index (χ0v) is 12.4. The second-order valence-electron chi connectivity index (χ2n) is 5.99. The third-order valence-electron chi connectivity index (χ3n) is 4.25. The van der Waals surface area contributed by atoms with Gasteiger partial charge in [0.1, 0.15) is 0 Å². The predicted molar refractivity (Wildman–Crippen MR) is 79.1 cm³/mol. The van der Waals surface area contributed by atoms with Crippen molar-refractivity contribution in [1.82, 2.24) is 4.90 Å². The molecule has 2 heteroatoms. The van der Waals surface area contributed by atoms with Crippen molar-refractivity contribution in [3.8, 4) is 0 Å². The van der Waals surface area contributed by atoms with Crippen LogP contribution in [0.2, 0.25) is 0 Å². The van der Waals surface area contributed by atoms with Gasteiger partial charge in [0, 0.05) is 19.5 Å².